The first-order valence-corrected chi connectivity index (χ1v) is 7.16. The van der Waals surface area contributed by atoms with Crippen LogP contribution < -0.4 is 5.32 Å². The fraction of sp³-hybridized carbons (Fsp3) is 0.125. The van der Waals surface area contributed by atoms with Crippen molar-refractivity contribution in [1.82, 2.24) is 14.6 Å². The molecule has 0 bridgehead atoms. The van der Waals surface area contributed by atoms with Crippen molar-refractivity contribution >= 4 is 17.5 Å². The molecule has 126 valence electrons. The topological polar surface area (TPSA) is 83.1 Å². The van der Waals surface area contributed by atoms with E-state index < -0.39 is 28.9 Å². The first-order chi connectivity index (χ1) is 12.0. The molecule has 0 spiro atoms. The molecule has 0 saturated carbocycles. The molecule has 1 aromatic carbocycles. The molecule has 0 aliphatic rings. The summed E-state index contributed by atoms with van der Waals surface area (Å²) in [5.41, 5.74) is 0.0791. The van der Waals surface area contributed by atoms with Gasteiger partial charge in [-0.05, 0) is 12.1 Å². The number of nitrogens with zero attached hydrogens (tertiary/aromatic N) is 4. The summed E-state index contributed by atoms with van der Waals surface area (Å²) in [4.78, 5) is 15.6. The third kappa shape index (κ3) is 3.42. The lowest BCUT2D eigenvalue weighted by atomic mass is 10.1. The van der Waals surface area contributed by atoms with Crippen LogP contribution in [0.4, 0.5) is 19.1 Å². The highest BCUT2D eigenvalue weighted by Crippen LogP contribution is 2.27. The van der Waals surface area contributed by atoms with Crippen LogP contribution in [0.25, 0.3) is 16.8 Å². The number of carbonyl (C=O) groups excluding carboxylic acids is 1. The van der Waals surface area contributed by atoms with Crippen LogP contribution in [0, 0.1) is 28.8 Å². The van der Waals surface area contributed by atoms with E-state index in [1.165, 1.54) is 22.8 Å². The van der Waals surface area contributed by atoms with Crippen LogP contribution in [0.15, 0.2) is 30.5 Å². The molecule has 0 aliphatic carbocycles. The maximum atomic E-state index is 13.9. The van der Waals surface area contributed by atoms with Crippen molar-refractivity contribution in [3.05, 3.63) is 47.9 Å². The summed E-state index contributed by atoms with van der Waals surface area (Å²) in [6.45, 7) is 0. The van der Waals surface area contributed by atoms with Gasteiger partial charge < -0.3 is 0 Å². The van der Waals surface area contributed by atoms with Crippen LogP contribution in [0.2, 0.25) is 0 Å². The molecule has 0 atom stereocenters. The van der Waals surface area contributed by atoms with Crippen molar-refractivity contribution in [2.45, 2.75) is 12.8 Å². The Morgan fingerprint density at radius 1 is 1.24 bits per heavy atom. The first kappa shape index (κ1) is 16.4. The Labute approximate surface area is 139 Å². The molecule has 6 nitrogen and oxygen atoms in total. The van der Waals surface area contributed by atoms with Gasteiger partial charge in [-0.15, -0.1) is 5.10 Å². The van der Waals surface area contributed by atoms with E-state index in [2.05, 4.69) is 15.4 Å². The number of benzene rings is 1. The van der Waals surface area contributed by atoms with Gasteiger partial charge in [0.25, 0.3) is 0 Å². The number of fused-ring (bicyclic) bond motifs is 1. The smallest absolute Gasteiger partial charge is 0.249 e. The van der Waals surface area contributed by atoms with Gasteiger partial charge in [0.15, 0.2) is 5.65 Å². The Morgan fingerprint density at radius 2 is 1.96 bits per heavy atom. The number of amides is 1. The van der Waals surface area contributed by atoms with E-state index in [0.29, 0.717) is 17.8 Å². The summed E-state index contributed by atoms with van der Waals surface area (Å²) in [6, 6.07) is 5.88. The van der Waals surface area contributed by atoms with Gasteiger partial charge >= 0.3 is 0 Å². The molecular weight excluding hydrogens is 335 g/mol. The van der Waals surface area contributed by atoms with Crippen molar-refractivity contribution in [2.75, 3.05) is 5.32 Å². The number of anilines is 1. The molecule has 2 aromatic heterocycles. The van der Waals surface area contributed by atoms with E-state index in [1.54, 1.807) is 0 Å². The molecule has 2 heterocycles. The number of aromatic nitrogens is 3. The van der Waals surface area contributed by atoms with Crippen LogP contribution in [0.5, 0.6) is 0 Å². The van der Waals surface area contributed by atoms with Gasteiger partial charge in [-0.3, -0.25) is 10.1 Å². The summed E-state index contributed by atoms with van der Waals surface area (Å²) < 4.78 is 42.0. The predicted molar refractivity (Wildman–Crippen MR) is 81.8 cm³/mol. The van der Waals surface area contributed by atoms with Gasteiger partial charge in [-0.25, -0.2) is 17.7 Å². The average Bonchev–Trinajstić information content (AvgIpc) is 2.93. The summed E-state index contributed by atoms with van der Waals surface area (Å²) in [6.07, 6.45) is 1.38. The van der Waals surface area contributed by atoms with Crippen LogP contribution >= 0.6 is 0 Å². The molecule has 1 N–H and O–H groups in total. The molecule has 0 saturated heterocycles. The van der Waals surface area contributed by atoms with Gasteiger partial charge in [0.2, 0.25) is 11.9 Å². The molecule has 0 radical (unpaired) electrons. The van der Waals surface area contributed by atoms with Crippen LogP contribution in [-0.4, -0.2) is 20.5 Å². The lowest BCUT2D eigenvalue weighted by Gasteiger charge is -2.05. The fourth-order valence-electron chi connectivity index (χ4n) is 2.26. The lowest BCUT2D eigenvalue weighted by molar-refractivity contribution is -0.116. The summed E-state index contributed by atoms with van der Waals surface area (Å²) in [5, 5.41) is 14.9. The SMILES string of the molecule is N#CCCC(=O)Nc1nc2ccc(-c3c(F)cc(F)cc3F)cn2n1. The Hall–Kier alpha value is -3.41. The standard InChI is InChI=1S/C16H10F3N5O/c17-10-6-11(18)15(12(19)7-10)9-3-4-13-21-16(23-24(13)8-9)22-14(25)2-1-5-20/h3-4,6-8H,1-2H2,(H,22,23,25). The Balaban J connectivity index is 1.94. The summed E-state index contributed by atoms with van der Waals surface area (Å²) >= 11 is 0. The van der Waals surface area contributed by atoms with E-state index in [0.717, 1.165) is 0 Å². The highest BCUT2D eigenvalue weighted by atomic mass is 19.1. The van der Waals surface area contributed by atoms with E-state index in [-0.39, 0.29) is 24.4 Å². The van der Waals surface area contributed by atoms with E-state index in [1.807, 2.05) is 6.07 Å². The molecule has 25 heavy (non-hydrogen) atoms. The van der Waals surface area contributed by atoms with Crippen molar-refractivity contribution in [1.29, 1.82) is 5.26 Å². The molecule has 9 heteroatoms. The van der Waals surface area contributed by atoms with E-state index in [4.69, 9.17) is 5.26 Å². The summed E-state index contributed by atoms with van der Waals surface area (Å²) in [5.74, 6) is -3.51. The van der Waals surface area contributed by atoms with Gasteiger partial charge in [0.1, 0.15) is 17.5 Å². The highest BCUT2D eigenvalue weighted by molar-refractivity contribution is 5.89. The van der Waals surface area contributed by atoms with E-state index in [9.17, 15) is 18.0 Å². The second kappa shape index (κ2) is 6.60. The van der Waals surface area contributed by atoms with Gasteiger partial charge in [0.05, 0.1) is 11.6 Å². The second-order valence-electron chi connectivity index (χ2n) is 5.11. The predicted octanol–water partition coefficient (Wildman–Crippen LogP) is 3.06. The third-order valence-electron chi connectivity index (χ3n) is 3.34. The van der Waals surface area contributed by atoms with Crippen LogP contribution in [0.3, 0.4) is 0 Å². The van der Waals surface area contributed by atoms with Crippen LogP contribution in [-0.2, 0) is 4.79 Å². The molecule has 0 fully saturated rings. The number of nitrogens with one attached hydrogen (secondary N) is 1. The molecule has 0 aliphatic heterocycles. The Morgan fingerprint density at radius 3 is 2.64 bits per heavy atom. The van der Waals surface area contributed by atoms with Gasteiger partial charge in [-0.2, -0.15) is 10.2 Å². The van der Waals surface area contributed by atoms with Crippen molar-refractivity contribution in [3.63, 3.8) is 0 Å². The third-order valence-corrected chi connectivity index (χ3v) is 3.34. The number of pyridine rings is 1. The normalized spacial score (nSPS) is 10.6. The zero-order valence-corrected chi connectivity index (χ0v) is 12.6. The minimum Gasteiger partial charge on any atom is -0.293 e. The van der Waals surface area contributed by atoms with Crippen LogP contribution in [0.1, 0.15) is 12.8 Å². The maximum Gasteiger partial charge on any atom is 0.249 e. The monoisotopic (exact) mass is 345 g/mol. The number of halogens is 3. The minimum absolute atomic E-state index is 0.000129. The number of hydrogen-bond donors (Lipinski definition) is 1. The number of rotatable bonds is 4. The molecular formula is C16H10F3N5O. The number of nitriles is 1. The quantitative estimate of drug-likeness (QED) is 0.788. The molecule has 1 amide bonds. The van der Waals surface area contributed by atoms with E-state index >= 15 is 0 Å². The maximum absolute atomic E-state index is 13.9. The van der Waals surface area contributed by atoms with Gasteiger partial charge in [0, 0.05) is 36.7 Å². The molecule has 3 aromatic rings. The Bertz CT molecular complexity index is 986. The Kier molecular flexibility index (Phi) is 4.35. The van der Waals surface area contributed by atoms with Crippen molar-refractivity contribution in [3.8, 4) is 17.2 Å². The minimum atomic E-state index is -1.04. The lowest BCUT2D eigenvalue weighted by Crippen LogP contribution is -2.12. The summed E-state index contributed by atoms with van der Waals surface area (Å²) in [7, 11) is 0. The number of carbonyl (C=O) groups is 1. The number of hydrogen-bond acceptors (Lipinski definition) is 4. The first-order valence-electron chi connectivity index (χ1n) is 7.16. The highest BCUT2D eigenvalue weighted by Gasteiger charge is 2.15. The zero-order valence-electron chi connectivity index (χ0n) is 12.6. The average molecular weight is 345 g/mol. The van der Waals surface area contributed by atoms with Crippen molar-refractivity contribution in [2.24, 2.45) is 0 Å². The fourth-order valence-corrected chi connectivity index (χ4v) is 2.26. The largest absolute Gasteiger partial charge is 0.293 e. The second-order valence-corrected chi connectivity index (χ2v) is 5.11. The zero-order chi connectivity index (χ0) is 18.0. The van der Waals surface area contributed by atoms with Crippen molar-refractivity contribution < 1.29 is 18.0 Å². The molecule has 3 rings (SSSR count). The molecule has 0 unspecified atom stereocenters. The van der Waals surface area contributed by atoms with Gasteiger partial charge in [-0.1, -0.05) is 0 Å².